The molecule has 0 aliphatic carbocycles. The predicted molar refractivity (Wildman–Crippen MR) is 145 cm³/mol. The average Bonchev–Trinajstić information content (AvgIpc) is 3.40. The number of rotatable bonds is 8. The van der Waals surface area contributed by atoms with E-state index in [4.69, 9.17) is 25.8 Å². The molecule has 5 rings (SSSR count). The van der Waals surface area contributed by atoms with E-state index in [0.717, 1.165) is 16.9 Å². The van der Waals surface area contributed by atoms with Gasteiger partial charge in [0.2, 0.25) is 5.95 Å². The first kappa shape index (κ1) is 25.2. The number of carbonyl (C=O) groups excluding carboxylic acids is 1. The molecule has 2 heterocycles. The number of amides is 1. The lowest BCUT2D eigenvalue weighted by Crippen LogP contribution is -2.31. The van der Waals surface area contributed by atoms with Crippen LogP contribution in [0.15, 0.2) is 84.3 Å². The number of nitrogens with zero attached hydrogens (tertiary/aromatic N) is 3. The molecule has 4 aromatic rings. The van der Waals surface area contributed by atoms with Crippen LogP contribution in [0.1, 0.15) is 24.1 Å². The van der Waals surface area contributed by atoms with E-state index in [1.165, 1.54) is 20.5 Å². The summed E-state index contributed by atoms with van der Waals surface area (Å²) in [5.41, 5.74) is 3.46. The van der Waals surface area contributed by atoms with E-state index in [1.807, 2.05) is 61.5 Å². The number of nitrogens with one attached hydrogen (secondary N) is 2. The van der Waals surface area contributed by atoms with E-state index >= 15 is 0 Å². The molecule has 0 saturated heterocycles. The number of aromatic nitrogens is 3. The van der Waals surface area contributed by atoms with Crippen LogP contribution < -0.4 is 24.8 Å². The van der Waals surface area contributed by atoms with E-state index in [-0.39, 0.29) is 5.91 Å². The number of ether oxygens (including phenoxy) is 3. The third-order valence-corrected chi connectivity index (χ3v) is 6.50. The van der Waals surface area contributed by atoms with Gasteiger partial charge in [-0.3, -0.25) is 4.79 Å². The monoisotopic (exact) mass is 531 g/mol. The van der Waals surface area contributed by atoms with Crippen LogP contribution in [-0.4, -0.2) is 34.9 Å². The Morgan fingerprint density at radius 3 is 2.50 bits per heavy atom. The smallest absolute Gasteiger partial charge is 0.255 e. The lowest BCUT2D eigenvalue weighted by atomic mass is 9.95. The van der Waals surface area contributed by atoms with Crippen LogP contribution in [0.3, 0.4) is 0 Å². The van der Waals surface area contributed by atoms with Crippen molar-refractivity contribution in [2.24, 2.45) is 0 Å². The molecule has 10 heteroatoms. The summed E-state index contributed by atoms with van der Waals surface area (Å²) in [5.74, 6) is 1.74. The summed E-state index contributed by atoms with van der Waals surface area (Å²) < 4.78 is 18.4. The van der Waals surface area contributed by atoms with Crippen molar-refractivity contribution in [3.8, 4) is 17.2 Å². The van der Waals surface area contributed by atoms with Gasteiger partial charge in [-0.2, -0.15) is 10.1 Å². The Morgan fingerprint density at radius 2 is 1.79 bits per heavy atom. The Balaban J connectivity index is 1.44. The van der Waals surface area contributed by atoms with Gasteiger partial charge in [0, 0.05) is 17.8 Å². The van der Waals surface area contributed by atoms with Gasteiger partial charge in [0.15, 0.2) is 0 Å². The maximum atomic E-state index is 13.7. The van der Waals surface area contributed by atoms with Gasteiger partial charge in [-0.1, -0.05) is 54.1 Å². The topological polar surface area (TPSA) is 99.5 Å². The number of carbonyl (C=O) groups is 1. The molecule has 0 saturated carbocycles. The molecule has 38 heavy (non-hydrogen) atoms. The zero-order valence-electron chi connectivity index (χ0n) is 21.1. The highest BCUT2D eigenvalue weighted by Gasteiger charge is 2.34. The largest absolute Gasteiger partial charge is 0.495 e. The molecule has 0 bridgehead atoms. The molecule has 194 valence electrons. The Hall–Kier alpha value is -4.50. The van der Waals surface area contributed by atoms with Crippen molar-refractivity contribution in [1.29, 1.82) is 0 Å². The molecule has 3 aromatic carbocycles. The lowest BCUT2D eigenvalue weighted by Gasteiger charge is -2.29. The third-order valence-electron chi connectivity index (χ3n) is 6.21. The van der Waals surface area contributed by atoms with Gasteiger partial charge in [-0.05, 0) is 30.2 Å². The van der Waals surface area contributed by atoms with Crippen LogP contribution in [-0.2, 0) is 11.4 Å². The molecule has 1 amide bonds. The molecule has 1 atom stereocenters. The summed E-state index contributed by atoms with van der Waals surface area (Å²) in [6, 6.07) is 20.3. The van der Waals surface area contributed by atoms with E-state index in [0.29, 0.717) is 46.0 Å². The maximum absolute atomic E-state index is 13.7. The Labute approximate surface area is 225 Å². The van der Waals surface area contributed by atoms with Crippen LogP contribution in [0.2, 0.25) is 5.02 Å². The van der Waals surface area contributed by atoms with E-state index < -0.39 is 6.04 Å². The SMILES string of the molecule is COc1cc(NC(=O)C2=C(C)Nc3ncnn3C2c2ccc(OCc3ccccc3)cc2)c(OC)cc1Cl. The van der Waals surface area contributed by atoms with Crippen molar-refractivity contribution in [3.05, 3.63) is 100 Å². The third kappa shape index (κ3) is 5.01. The number of benzene rings is 3. The molecule has 1 aliphatic rings. The Bertz CT molecular complexity index is 1490. The van der Waals surface area contributed by atoms with Crippen molar-refractivity contribution < 1.29 is 19.0 Å². The van der Waals surface area contributed by atoms with Gasteiger partial charge < -0.3 is 24.8 Å². The highest BCUT2D eigenvalue weighted by molar-refractivity contribution is 6.32. The second kappa shape index (κ2) is 10.9. The molecule has 1 unspecified atom stereocenters. The molecular formula is C28H26ClN5O4. The van der Waals surface area contributed by atoms with Gasteiger partial charge in [0.1, 0.15) is 36.2 Å². The van der Waals surface area contributed by atoms with Crippen LogP contribution in [0.4, 0.5) is 11.6 Å². The fourth-order valence-electron chi connectivity index (χ4n) is 4.33. The highest BCUT2D eigenvalue weighted by Crippen LogP contribution is 2.39. The minimum Gasteiger partial charge on any atom is -0.495 e. The number of hydrogen-bond donors (Lipinski definition) is 2. The summed E-state index contributed by atoms with van der Waals surface area (Å²) in [7, 11) is 3.01. The Kier molecular flexibility index (Phi) is 7.19. The maximum Gasteiger partial charge on any atom is 0.255 e. The normalized spacial score (nSPS) is 14.4. The quantitative estimate of drug-likeness (QED) is 0.311. The minimum atomic E-state index is -0.530. The van der Waals surface area contributed by atoms with Gasteiger partial charge in [0.05, 0.1) is 30.5 Å². The van der Waals surface area contributed by atoms with Crippen LogP contribution in [0, 0.1) is 0 Å². The van der Waals surface area contributed by atoms with E-state index in [2.05, 4.69) is 20.7 Å². The summed E-state index contributed by atoms with van der Waals surface area (Å²) in [6.07, 6.45) is 1.45. The molecule has 0 spiro atoms. The fraction of sp³-hybridized carbons (Fsp3) is 0.179. The molecular weight excluding hydrogens is 506 g/mol. The van der Waals surface area contributed by atoms with Crippen molar-refractivity contribution in [3.63, 3.8) is 0 Å². The first-order valence-corrected chi connectivity index (χ1v) is 12.2. The first-order valence-electron chi connectivity index (χ1n) is 11.9. The van der Waals surface area contributed by atoms with Crippen LogP contribution >= 0.6 is 11.6 Å². The van der Waals surface area contributed by atoms with Crippen LogP contribution in [0.5, 0.6) is 17.2 Å². The van der Waals surface area contributed by atoms with Gasteiger partial charge >= 0.3 is 0 Å². The molecule has 2 N–H and O–H groups in total. The lowest BCUT2D eigenvalue weighted by molar-refractivity contribution is -0.113. The van der Waals surface area contributed by atoms with E-state index in [9.17, 15) is 4.79 Å². The van der Waals surface area contributed by atoms with Crippen molar-refractivity contribution >= 4 is 29.1 Å². The molecule has 1 aromatic heterocycles. The summed E-state index contributed by atoms with van der Waals surface area (Å²) >= 11 is 6.24. The first-order chi connectivity index (χ1) is 18.5. The average molecular weight is 532 g/mol. The summed E-state index contributed by atoms with van der Waals surface area (Å²) in [6.45, 7) is 2.29. The molecule has 1 aliphatic heterocycles. The molecule has 0 radical (unpaired) electrons. The number of hydrogen-bond acceptors (Lipinski definition) is 7. The summed E-state index contributed by atoms with van der Waals surface area (Å²) in [5, 5.41) is 10.9. The van der Waals surface area contributed by atoms with Crippen molar-refractivity contribution in [2.75, 3.05) is 24.9 Å². The highest BCUT2D eigenvalue weighted by atomic mass is 35.5. The van der Waals surface area contributed by atoms with Crippen molar-refractivity contribution in [2.45, 2.75) is 19.6 Å². The number of allylic oxidation sites excluding steroid dienone is 1. The molecule has 0 fully saturated rings. The standard InChI is InChI=1S/C28H26ClN5O4/c1-17-25(27(35)33-22-14-23(36-2)21(29)13-24(22)37-3)26(34-28(32-17)30-16-31-34)19-9-11-20(12-10-19)38-15-18-7-5-4-6-8-18/h4-14,16,26H,15H2,1-3H3,(H,33,35)(H,30,31,32). The van der Waals surface area contributed by atoms with Gasteiger partial charge in [0.25, 0.3) is 5.91 Å². The number of methoxy groups -OCH3 is 2. The second-order valence-corrected chi connectivity index (χ2v) is 8.99. The minimum absolute atomic E-state index is 0.340. The number of anilines is 2. The number of fused-ring (bicyclic) bond motifs is 1. The van der Waals surface area contributed by atoms with Gasteiger partial charge in [-0.15, -0.1) is 0 Å². The van der Waals surface area contributed by atoms with Crippen molar-refractivity contribution in [1.82, 2.24) is 14.8 Å². The fourth-order valence-corrected chi connectivity index (χ4v) is 4.56. The Morgan fingerprint density at radius 1 is 1.05 bits per heavy atom. The molecule has 9 nitrogen and oxygen atoms in total. The summed E-state index contributed by atoms with van der Waals surface area (Å²) in [4.78, 5) is 18.0. The second-order valence-electron chi connectivity index (χ2n) is 8.58. The van der Waals surface area contributed by atoms with Gasteiger partial charge in [-0.25, -0.2) is 4.68 Å². The zero-order valence-corrected chi connectivity index (χ0v) is 21.8. The van der Waals surface area contributed by atoms with Crippen LogP contribution in [0.25, 0.3) is 0 Å². The number of halogens is 1. The van der Waals surface area contributed by atoms with E-state index in [1.54, 1.807) is 16.8 Å². The zero-order chi connectivity index (χ0) is 26.6. The predicted octanol–water partition coefficient (Wildman–Crippen LogP) is 5.46.